The fourth-order valence-electron chi connectivity index (χ4n) is 2.09. The minimum atomic E-state index is 0.642. The third kappa shape index (κ3) is 5.83. The molecule has 1 fully saturated rings. The largest absolute Gasteiger partial charge is 0.380 e. The quantitative estimate of drug-likeness (QED) is 0.640. The maximum Gasteiger partial charge on any atom is 0.0591 e. The summed E-state index contributed by atoms with van der Waals surface area (Å²) < 4.78 is 5.53. The second-order valence-electron chi connectivity index (χ2n) is 5.26. The Morgan fingerprint density at radius 1 is 1.19 bits per heavy atom. The normalized spacial score (nSPS) is 19.5. The second kappa shape index (κ2) is 8.04. The molecule has 3 heteroatoms. The monoisotopic (exact) mass is 228 g/mol. The molecule has 3 nitrogen and oxygen atoms in total. The Morgan fingerprint density at radius 2 is 1.88 bits per heavy atom. The van der Waals surface area contributed by atoms with Gasteiger partial charge in [0.15, 0.2) is 0 Å². The summed E-state index contributed by atoms with van der Waals surface area (Å²) in [5.74, 6) is 0.642. The van der Waals surface area contributed by atoms with Gasteiger partial charge in [0, 0.05) is 25.7 Å². The van der Waals surface area contributed by atoms with Gasteiger partial charge in [-0.25, -0.2) is 0 Å². The lowest BCUT2D eigenvalue weighted by atomic mass is 10.2. The minimum Gasteiger partial charge on any atom is -0.380 e. The van der Waals surface area contributed by atoms with Gasteiger partial charge in [0.05, 0.1) is 6.61 Å². The summed E-state index contributed by atoms with van der Waals surface area (Å²) in [6.07, 6.45) is 2.75. The Balaban J connectivity index is 1.90. The summed E-state index contributed by atoms with van der Waals surface area (Å²) >= 11 is 0. The smallest absolute Gasteiger partial charge is 0.0591 e. The molecule has 1 N–H and O–H groups in total. The molecular weight excluding hydrogens is 200 g/mol. The molecule has 1 heterocycles. The number of nitrogens with one attached hydrogen (secondary N) is 1. The van der Waals surface area contributed by atoms with Crippen molar-refractivity contribution in [1.82, 2.24) is 10.2 Å². The molecule has 0 aromatic rings. The molecule has 0 spiro atoms. The Labute approximate surface area is 101 Å². The van der Waals surface area contributed by atoms with Crippen molar-refractivity contribution in [2.45, 2.75) is 39.7 Å². The highest BCUT2D eigenvalue weighted by Crippen LogP contribution is 2.10. The average molecular weight is 228 g/mol. The lowest BCUT2D eigenvalue weighted by Crippen LogP contribution is -2.39. The minimum absolute atomic E-state index is 0.642. The van der Waals surface area contributed by atoms with Crippen LogP contribution in [0.15, 0.2) is 0 Å². The molecule has 1 aliphatic rings. The molecule has 0 aliphatic carbocycles. The first kappa shape index (κ1) is 13.9. The van der Waals surface area contributed by atoms with Crippen LogP contribution in [-0.2, 0) is 4.74 Å². The zero-order valence-corrected chi connectivity index (χ0v) is 11.2. The first-order chi connectivity index (χ1) is 7.70. The van der Waals surface area contributed by atoms with Crippen LogP contribution in [0.1, 0.15) is 33.6 Å². The number of hydrogen-bond acceptors (Lipinski definition) is 3. The van der Waals surface area contributed by atoms with Gasteiger partial charge in [-0.1, -0.05) is 13.8 Å². The van der Waals surface area contributed by atoms with Gasteiger partial charge in [0.1, 0.15) is 0 Å². The van der Waals surface area contributed by atoms with E-state index in [1.807, 2.05) is 0 Å². The van der Waals surface area contributed by atoms with Gasteiger partial charge in [0.2, 0.25) is 0 Å². The van der Waals surface area contributed by atoms with Crippen LogP contribution in [0.4, 0.5) is 0 Å². The van der Waals surface area contributed by atoms with Gasteiger partial charge >= 0.3 is 0 Å². The molecule has 1 atom stereocenters. The fraction of sp³-hybridized carbons (Fsp3) is 1.00. The maximum absolute atomic E-state index is 5.53. The number of rotatable bonds is 8. The van der Waals surface area contributed by atoms with E-state index < -0.39 is 0 Å². The highest BCUT2D eigenvalue weighted by molar-refractivity contribution is 4.74. The zero-order chi connectivity index (χ0) is 11.8. The summed E-state index contributed by atoms with van der Waals surface area (Å²) in [7, 11) is 0. The zero-order valence-electron chi connectivity index (χ0n) is 11.2. The van der Waals surface area contributed by atoms with Crippen LogP contribution in [-0.4, -0.2) is 50.3 Å². The lowest BCUT2D eigenvalue weighted by molar-refractivity contribution is 0.110. The van der Waals surface area contributed by atoms with Gasteiger partial charge in [-0.05, 0) is 38.8 Å². The van der Waals surface area contributed by atoms with Crippen molar-refractivity contribution in [2.24, 2.45) is 5.92 Å². The van der Waals surface area contributed by atoms with E-state index in [0.717, 1.165) is 26.3 Å². The summed E-state index contributed by atoms with van der Waals surface area (Å²) in [5, 5.41) is 3.47. The Bertz CT molecular complexity index is 167. The molecular formula is C13H28N2O. The second-order valence-corrected chi connectivity index (χ2v) is 5.26. The van der Waals surface area contributed by atoms with Crippen LogP contribution < -0.4 is 5.32 Å². The predicted molar refractivity (Wildman–Crippen MR) is 68.8 cm³/mol. The van der Waals surface area contributed by atoms with Crippen molar-refractivity contribution in [3.05, 3.63) is 0 Å². The van der Waals surface area contributed by atoms with Crippen LogP contribution in [0.3, 0.4) is 0 Å². The van der Waals surface area contributed by atoms with Crippen LogP contribution >= 0.6 is 0 Å². The predicted octanol–water partition coefficient (Wildman–Crippen LogP) is 1.73. The van der Waals surface area contributed by atoms with Gasteiger partial charge in [-0.3, -0.25) is 4.90 Å². The molecule has 0 radical (unpaired) electrons. The number of likely N-dealkylation sites (tertiary alicyclic amines) is 1. The van der Waals surface area contributed by atoms with E-state index in [4.69, 9.17) is 4.74 Å². The number of hydrogen-bond donors (Lipinski definition) is 1. The van der Waals surface area contributed by atoms with Gasteiger partial charge < -0.3 is 10.1 Å². The fourth-order valence-corrected chi connectivity index (χ4v) is 2.09. The Morgan fingerprint density at radius 3 is 2.50 bits per heavy atom. The molecule has 1 unspecified atom stereocenters. The van der Waals surface area contributed by atoms with Gasteiger partial charge in [-0.15, -0.1) is 0 Å². The van der Waals surface area contributed by atoms with Crippen LogP contribution in [0.2, 0.25) is 0 Å². The van der Waals surface area contributed by atoms with Crippen LogP contribution in [0, 0.1) is 5.92 Å². The molecule has 16 heavy (non-hydrogen) atoms. The molecule has 0 bridgehead atoms. The molecule has 0 aromatic heterocycles. The summed E-state index contributed by atoms with van der Waals surface area (Å²) in [6, 6.07) is 0.674. The first-order valence-electron chi connectivity index (χ1n) is 6.72. The van der Waals surface area contributed by atoms with Crippen LogP contribution in [0.5, 0.6) is 0 Å². The van der Waals surface area contributed by atoms with Crippen molar-refractivity contribution in [3.63, 3.8) is 0 Å². The molecule has 0 saturated carbocycles. The maximum atomic E-state index is 5.53. The van der Waals surface area contributed by atoms with E-state index in [9.17, 15) is 0 Å². The van der Waals surface area contributed by atoms with Crippen molar-refractivity contribution < 1.29 is 4.74 Å². The summed E-state index contributed by atoms with van der Waals surface area (Å²) in [4.78, 5) is 2.57. The molecule has 0 aromatic carbocycles. The first-order valence-corrected chi connectivity index (χ1v) is 6.72. The summed E-state index contributed by atoms with van der Waals surface area (Å²) in [6.45, 7) is 13.0. The van der Waals surface area contributed by atoms with E-state index in [0.29, 0.717) is 12.0 Å². The van der Waals surface area contributed by atoms with E-state index in [1.165, 1.54) is 25.9 Å². The third-order valence-electron chi connectivity index (χ3n) is 3.08. The van der Waals surface area contributed by atoms with Gasteiger partial charge in [-0.2, -0.15) is 0 Å². The van der Waals surface area contributed by atoms with Crippen molar-refractivity contribution in [2.75, 3.05) is 39.4 Å². The highest BCUT2D eigenvalue weighted by Gasteiger charge is 2.16. The third-order valence-corrected chi connectivity index (χ3v) is 3.08. The molecule has 1 rings (SSSR count). The standard InChI is InChI=1S/C13H28N2O/c1-12(2)11-16-9-6-14-10-13(3)15-7-4-5-8-15/h12-14H,4-11H2,1-3H3. The average Bonchev–Trinajstić information content (AvgIpc) is 2.75. The number of nitrogens with zero attached hydrogens (tertiary/aromatic N) is 1. The molecule has 1 saturated heterocycles. The van der Waals surface area contributed by atoms with E-state index in [1.54, 1.807) is 0 Å². The van der Waals surface area contributed by atoms with Crippen LogP contribution in [0.25, 0.3) is 0 Å². The van der Waals surface area contributed by atoms with Crippen molar-refractivity contribution in [3.8, 4) is 0 Å². The molecule has 96 valence electrons. The van der Waals surface area contributed by atoms with Crippen molar-refractivity contribution >= 4 is 0 Å². The van der Waals surface area contributed by atoms with E-state index in [2.05, 4.69) is 31.0 Å². The Hall–Kier alpha value is -0.120. The lowest BCUT2D eigenvalue weighted by Gasteiger charge is -2.23. The molecule has 1 aliphatic heterocycles. The SMILES string of the molecule is CC(C)COCCNCC(C)N1CCCC1. The topological polar surface area (TPSA) is 24.5 Å². The highest BCUT2D eigenvalue weighted by atomic mass is 16.5. The van der Waals surface area contributed by atoms with E-state index >= 15 is 0 Å². The molecule has 0 amide bonds. The number of ether oxygens (including phenoxy) is 1. The van der Waals surface area contributed by atoms with Gasteiger partial charge in [0.25, 0.3) is 0 Å². The Kier molecular flexibility index (Phi) is 7.01. The van der Waals surface area contributed by atoms with E-state index in [-0.39, 0.29) is 0 Å². The van der Waals surface area contributed by atoms with Crippen molar-refractivity contribution in [1.29, 1.82) is 0 Å². The summed E-state index contributed by atoms with van der Waals surface area (Å²) in [5.41, 5.74) is 0.